The van der Waals surface area contributed by atoms with Crippen molar-refractivity contribution in [1.29, 1.82) is 0 Å². The van der Waals surface area contributed by atoms with Crippen molar-refractivity contribution in [2.75, 3.05) is 21.3 Å². The van der Waals surface area contributed by atoms with Gasteiger partial charge in [0.1, 0.15) is 6.10 Å². The summed E-state index contributed by atoms with van der Waals surface area (Å²) in [6.45, 7) is 7.38. The van der Waals surface area contributed by atoms with Crippen molar-refractivity contribution in [3.05, 3.63) is 58.6 Å². The van der Waals surface area contributed by atoms with E-state index in [1.165, 1.54) is 20.3 Å². The molecule has 0 aromatic rings. The van der Waals surface area contributed by atoms with E-state index >= 15 is 0 Å². The van der Waals surface area contributed by atoms with Gasteiger partial charge < -0.3 is 30.0 Å². The highest BCUT2D eigenvalue weighted by molar-refractivity contribution is 6.23. The summed E-state index contributed by atoms with van der Waals surface area (Å²) in [5.74, 6) is -1.50. The Kier molecular flexibility index (Phi) is 14.8. The average Bonchev–Trinajstić information content (AvgIpc) is 2.91. The van der Waals surface area contributed by atoms with E-state index in [2.05, 4.69) is 5.32 Å². The van der Waals surface area contributed by atoms with Gasteiger partial charge in [-0.15, -0.1) is 0 Å². The molecular formula is C29H42N2O8. The molecule has 0 spiro atoms. The molecule has 3 N–H and O–H groups in total. The highest BCUT2D eigenvalue weighted by Gasteiger charge is 2.30. The van der Waals surface area contributed by atoms with E-state index in [9.17, 15) is 19.2 Å². The zero-order valence-electron chi connectivity index (χ0n) is 24.0. The minimum absolute atomic E-state index is 0.0114. The maximum Gasteiger partial charge on any atom is 0.405 e. The van der Waals surface area contributed by atoms with Gasteiger partial charge in [-0.05, 0) is 51.5 Å². The first-order valence-corrected chi connectivity index (χ1v) is 13.1. The first-order valence-electron chi connectivity index (χ1n) is 13.1. The van der Waals surface area contributed by atoms with Gasteiger partial charge in [-0.2, -0.15) is 0 Å². The Bertz CT molecular complexity index is 1050. The number of ether oxygens (including phenoxy) is 4. The van der Waals surface area contributed by atoms with Gasteiger partial charge in [-0.25, -0.2) is 4.79 Å². The van der Waals surface area contributed by atoms with Crippen molar-refractivity contribution in [3.63, 3.8) is 0 Å². The van der Waals surface area contributed by atoms with Gasteiger partial charge >= 0.3 is 6.09 Å². The summed E-state index contributed by atoms with van der Waals surface area (Å²) in [6, 6.07) is 0. The second-order valence-electron chi connectivity index (χ2n) is 8.79. The van der Waals surface area contributed by atoms with Crippen LogP contribution >= 0.6 is 0 Å². The molecule has 0 aromatic carbocycles. The van der Waals surface area contributed by atoms with Crippen LogP contribution in [0.4, 0.5) is 4.79 Å². The number of methoxy groups -OCH3 is 3. The Morgan fingerprint density at radius 3 is 2.33 bits per heavy atom. The van der Waals surface area contributed by atoms with E-state index < -0.39 is 35.8 Å². The number of hydrogen-bond acceptors (Lipinski definition) is 8. The van der Waals surface area contributed by atoms with Crippen molar-refractivity contribution in [3.8, 4) is 0 Å². The summed E-state index contributed by atoms with van der Waals surface area (Å²) < 4.78 is 21.7. The Morgan fingerprint density at radius 2 is 1.74 bits per heavy atom. The number of nitrogens with two attached hydrogens (primary N) is 1. The highest BCUT2D eigenvalue weighted by Crippen LogP contribution is 2.25. The van der Waals surface area contributed by atoms with Crippen LogP contribution in [0.1, 0.15) is 59.8 Å². The molecule has 10 nitrogen and oxygen atoms in total. The predicted octanol–water partition coefficient (Wildman–Crippen LogP) is 3.97. The summed E-state index contributed by atoms with van der Waals surface area (Å²) in [4.78, 5) is 50.0. The fourth-order valence-electron chi connectivity index (χ4n) is 4.17. The molecule has 10 heteroatoms. The van der Waals surface area contributed by atoms with Crippen molar-refractivity contribution in [2.45, 2.75) is 78.1 Å². The molecule has 1 aliphatic carbocycles. The number of hydrogen-bond donors (Lipinski definition) is 2. The van der Waals surface area contributed by atoms with Crippen LogP contribution in [0.5, 0.6) is 0 Å². The van der Waals surface area contributed by atoms with E-state index in [1.54, 1.807) is 26.2 Å². The number of amides is 2. The molecule has 0 radical (unpaired) electrons. The van der Waals surface area contributed by atoms with E-state index in [0.717, 1.165) is 11.6 Å². The third-order valence-corrected chi connectivity index (χ3v) is 6.25. The average molecular weight is 547 g/mol. The molecule has 2 bridgehead atoms. The topological polar surface area (TPSA) is 143 Å². The summed E-state index contributed by atoms with van der Waals surface area (Å²) in [5, 5.41) is 2.53. The van der Waals surface area contributed by atoms with Crippen molar-refractivity contribution >= 4 is 23.6 Å². The third kappa shape index (κ3) is 9.96. The number of carbonyl (C=O) groups is 4. The normalized spacial score (nSPS) is 27.0. The summed E-state index contributed by atoms with van der Waals surface area (Å²) in [7, 11) is 4.42. The zero-order valence-corrected chi connectivity index (χ0v) is 24.0. The number of carbonyl (C=O) groups excluding carboxylic acids is 4. The van der Waals surface area contributed by atoms with Crippen LogP contribution in [0.15, 0.2) is 58.6 Å². The monoisotopic (exact) mass is 546 g/mol. The van der Waals surface area contributed by atoms with Crippen LogP contribution < -0.4 is 11.1 Å². The first kappa shape index (κ1) is 33.5. The molecule has 39 heavy (non-hydrogen) atoms. The quantitative estimate of drug-likeness (QED) is 0.398. The zero-order chi connectivity index (χ0) is 29.5. The molecule has 0 saturated carbocycles. The predicted molar refractivity (Wildman–Crippen MR) is 147 cm³/mol. The van der Waals surface area contributed by atoms with Gasteiger partial charge in [0.25, 0.3) is 5.91 Å². The lowest BCUT2D eigenvalue weighted by molar-refractivity contribution is -0.120. The van der Waals surface area contributed by atoms with Gasteiger partial charge in [-0.3, -0.25) is 14.4 Å². The number of nitrogens with one attached hydrogen (secondary N) is 1. The van der Waals surface area contributed by atoms with Crippen molar-refractivity contribution < 1.29 is 38.1 Å². The molecule has 2 rings (SSSR count). The number of rotatable bonds is 4. The number of Topliss-reactive ketones (excluding diaryl/α,β-unsaturated/α-hetero) is 1. The molecule has 1 heterocycles. The Balaban J connectivity index is 0.00000371. The number of primary amides is 1. The minimum Gasteiger partial charge on any atom is -0.492 e. The Morgan fingerprint density at radius 1 is 1.05 bits per heavy atom. The summed E-state index contributed by atoms with van der Waals surface area (Å²) in [6.07, 6.45) is 8.06. The van der Waals surface area contributed by atoms with Crippen LogP contribution in [0.2, 0.25) is 0 Å². The van der Waals surface area contributed by atoms with Gasteiger partial charge in [0, 0.05) is 31.4 Å². The van der Waals surface area contributed by atoms with Crippen LogP contribution in [-0.4, -0.2) is 63.2 Å². The van der Waals surface area contributed by atoms with Gasteiger partial charge in [0.05, 0.1) is 18.9 Å². The van der Waals surface area contributed by atoms with Crippen LogP contribution in [-0.2, 0) is 33.3 Å². The minimum atomic E-state index is -0.934. The van der Waals surface area contributed by atoms with Crippen molar-refractivity contribution in [2.24, 2.45) is 5.73 Å². The first-order chi connectivity index (χ1) is 18.6. The molecule has 3 unspecified atom stereocenters. The van der Waals surface area contributed by atoms with E-state index in [1.807, 2.05) is 26.8 Å². The lowest BCUT2D eigenvalue weighted by Gasteiger charge is -2.24. The maximum atomic E-state index is 13.1. The van der Waals surface area contributed by atoms with E-state index in [-0.39, 0.29) is 35.1 Å². The molecule has 0 aromatic heterocycles. The SMILES string of the molecule is CC.COC1=C2CCCC(OC)CC/C=C(\C)C(OC(N)=O)C(OC)/C=C\C=C(/C)C(=O)NC(=CC1=O)C2=O. The second-order valence-corrected chi connectivity index (χ2v) is 8.79. The fourth-order valence-corrected chi connectivity index (χ4v) is 4.17. The highest BCUT2D eigenvalue weighted by atomic mass is 16.6. The van der Waals surface area contributed by atoms with Crippen LogP contribution in [0, 0.1) is 0 Å². The van der Waals surface area contributed by atoms with Gasteiger partial charge in [-0.1, -0.05) is 38.2 Å². The molecule has 1 aliphatic heterocycles. The Hall–Kier alpha value is -3.50. The molecule has 2 amide bonds. The van der Waals surface area contributed by atoms with E-state index in [0.29, 0.717) is 25.7 Å². The maximum absolute atomic E-state index is 13.1. The number of fused-ring (bicyclic) bond motifs is 2. The summed E-state index contributed by atoms with van der Waals surface area (Å²) in [5.41, 5.74) is 6.44. The summed E-state index contributed by atoms with van der Waals surface area (Å²) >= 11 is 0. The second kappa shape index (κ2) is 17.2. The molecule has 0 fully saturated rings. The fraction of sp³-hybridized carbons (Fsp3) is 0.517. The standard InChI is InChI=1S/C27H36N2O8.C2H6/c1-16-9-6-11-18(34-3)12-8-13-19-23(31)20(15-21(30)25(19)36-5)29-26(32)17(2)10-7-14-22(35-4)24(16)37-27(28)33;1-2/h7,9-10,14-15,18,22,24H,6,8,11-13H2,1-5H3,(H2,28,33)(H,29,32);1-2H3/b14-7-,16-9+,17-10+;. The van der Waals surface area contributed by atoms with Crippen LogP contribution in [0.3, 0.4) is 0 Å². The smallest absolute Gasteiger partial charge is 0.405 e. The molecule has 0 saturated heterocycles. The number of allylic oxidation sites excluding steroid dienone is 5. The lowest BCUT2D eigenvalue weighted by atomic mass is 9.93. The third-order valence-electron chi connectivity index (χ3n) is 6.25. The molecule has 216 valence electrons. The van der Waals surface area contributed by atoms with Crippen molar-refractivity contribution in [1.82, 2.24) is 5.32 Å². The van der Waals surface area contributed by atoms with Gasteiger partial charge in [0.2, 0.25) is 11.6 Å². The molecular weight excluding hydrogens is 504 g/mol. The molecule has 3 atom stereocenters. The van der Waals surface area contributed by atoms with E-state index in [4.69, 9.17) is 24.7 Å². The Labute approximate surface area is 230 Å². The van der Waals surface area contributed by atoms with Crippen LogP contribution in [0.25, 0.3) is 0 Å². The molecule has 2 aliphatic rings. The lowest BCUT2D eigenvalue weighted by Crippen LogP contribution is -2.34. The van der Waals surface area contributed by atoms with Gasteiger partial charge in [0.15, 0.2) is 11.9 Å². The largest absolute Gasteiger partial charge is 0.492 e. The number of ketones is 2.